The van der Waals surface area contributed by atoms with E-state index in [-0.39, 0.29) is 11.5 Å². The van der Waals surface area contributed by atoms with Gasteiger partial charge in [0.1, 0.15) is 0 Å². The second kappa shape index (κ2) is 13.4. The Bertz CT molecular complexity index is 2930. The maximum Gasteiger partial charge on any atom is 0.0560 e. The van der Waals surface area contributed by atoms with Crippen LogP contribution in [0.25, 0.3) is 71.6 Å². The molecule has 2 atom stereocenters. The molecular formula is C52H43IN2. The van der Waals surface area contributed by atoms with Gasteiger partial charge in [-0.1, -0.05) is 152 Å². The van der Waals surface area contributed by atoms with Gasteiger partial charge in [-0.15, -0.1) is 0 Å². The first kappa shape index (κ1) is 34.1. The fraction of sp³-hybridized carbons (Fsp3) is 0.154. The minimum absolute atomic E-state index is 0.0583. The van der Waals surface area contributed by atoms with Crippen LogP contribution in [0.4, 0.5) is 0 Å². The highest BCUT2D eigenvalue weighted by Gasteiger charge is 2.36. The number of alkyl halides is 1. The van der Waals surface area contributed by atoms with E-state index >= 15 is 0 Å². The van der Waals surface area contributed by atoms with E-state index in [0.29, 0.717) is 5.92 Å². The Morgan fingerprint density at radius 2 is 1.25 bits per heavy atom. The average Bonchev–Trinajstić information content (AvgIpc) is 3.83. The molecule has 0 N–H and O–H groups in total. The van der Waals surface area contributed by atoms with Crippen molar-refractivity contribution in [1.29, 1.82) is 0 Å². The summed E-state index contributed by atoms with van der Waals surface area (Å²) in [6, 6.07) is 48.0. The fourth-order valence-electron chi connectivity index (χ4n) is 9.71. The first-order valence-corrected chi connectivity index (χ1v) is 21.6. The smallest absolute Gasteiger partial charge is 0.0560 e. The van der Waals surface area contributed by atoms with Gasteiger partial charge in [0, 0.05) is 44.1 Å². The van der Waals surface area contributed by atoms with Crippen LogP contribution in [0.1, 0.15) is 43.9 Å². The number of hydrogen-bond acceptors (Lipinski definition) is 0. The van der Waals surface area contributed by atoms with Crippen molar-refractivity contribution in [1.82, 2.24) is 9.13 Å². The molecular weight excluding hydrogens is 779 g/mol. The molecule has 0 bridgehead atoms. The van der Waals surface area contributed by atoms with Crippen LogP contribution in [0.5, 0.6) is 0 Å². The van der Waals surface area contributed by atoms with Gasteiger partial charge in [-0.3, -0.25) is 0 Å². The molecule has 0 fully saturated rings. The van der Waals surface area contributed by atoms with Gasteiger partial charge in [0.2, 0.25) is 0 Å². The van der Waals surface area contributed by atoms with Gasteiger partial charge in [0.25, 0.3) is 0 Å². The zero-order valence-electron chi connectivity index (χ0n) is 31.5. The maximum atomic E-state index is 2.63. The summed E-state index contributed by atoms with van der Waals surface area (Å²) < 4.78 is 5.02. The summed E-state index contributed by atoms with van der Waals surface area (Å²) in [6.07, 6.45) is 18.4. The molecule has 3 heteroatoms. The summed E-state index contributed by atoms with van der Waals surface area (Å²) in [5.41, 5.74) is 15.7. The molecule has 0 spiro atoms. The predicted octanol–water partition coefficient (Wildman–Crippen LogP) is 14.5. The van der Waals surface area contributed by atoms with Crippen molar-refractivity contribution in [3.8, 4) is 27.9 Å². The minimum Gasteiger partial charge on any atom is -0.333 e. The lowest BCUT2D eigenvalue weighted by Crippen LogP contribution is -2.15. The van der Waals surface area contributed by atoms with Crippen LogP contribution in [-0.2, 0) is 5.41 Å². The topological polar surface area (TPSA) is 9.86 Å². The average molecular weight is 823 g/mol. The van der Waals surface area contributed by atoms with E-state index in [1.165, 1.54) is 88.3 Å². The molecule has 268 valence electrons. The SMILES string of the molecule is CC1(C)c2ccccc2-c2cc3c4cc(-c5ccc6c(c5)c5ccccc5n6-c5ccccc5)ccc4n(C4C=CC(C5C=CC=CC5)=CC4)c3cc21.CI. The zero-order valence-corrected chi connectivity index (χ0v) is 33.7. The van der Waals surface area contributed by atoms with Crippen LogP contribution >= 0.6 is 22.6 Å². The molecule has 3 aliphatic rings. The number of para-hydroxylation sites is 2. The number of nitrogens with zero attached hydrogens (tertiary/aromatic N) is 2. The van der Waals surface area contributed by atoms with Crippen LogP contribution in [0.3, 0.4) is 0 Å². The van der Waals surface area contributed by atoms with Crippen molar-refractivity contribution >= 4 is 66.2 Å². The molecule has 2 nitrogen and oxygen atoms in total. The Morgan fingerprint density at radius 3 is 2.02 bits per heavy atom. The number of fused-ring (bicyclic) bond motifs is 9. The second-order valence-electron chi connectivity index (χ2n) is 15.6. The third kappa shape index (κ3) is 5.34. The van der Waals surface area contributed by atoms with Crippen LogP contribution in [0.15, 0.2) is 175 Å². The monoisotopic (exact) mass is 822 g/mol. The second-order valence-corrected chi connectivity index (χ2v) is 15.6. The van der Waals surface area contributed by atoms with Crippen molar-refractivity contribution < 1.29 is 0 Å². The number of allylic oxidation sites excluding steroid dienone is 8. The number of benzene rings is 6. The van der Waals surface area contributed by atoms with Gasteiger partial charge in [-0.2, -0.15) is 0 Å². The van der Waals surface area contributed by atoms with Gasteiger partial charge < -0.3 is 9.13 Å². The molecule has 2 aromatic heterocycles. The lowest BCUT2D eigenvalue weighted by molar-refractivity contribution is 0.630. The zero-order chi connectivity index (χ0) is 37.3. The lowest BCUT2D eigenvalue weighted by atomic mass is 9.82. The van der Waals surface area contributed by atoms with E-state index in [1.54, 1.807) is 0 Å². The van der Waals surface area contributed by atoms with Crippen LogP contribution < -0.4 is 0 Å². The van der Waals surface area contributed by atoms with Crippen molar-refractivity contribution in [2.24, 2.45) is 5.92 Å². The molecule has 2 heterocycles. The fourth-order valence-corrected chi connectivity index (χ4v) is 9.71. The van der Waals surface area contributed by atoms with Gasteiger partial charge >= 0.3 is 0 Å². The van der Waals surface area contributed by atoms with Crippen molar-refractivity contribution in [3.63, 3.8) is 0 Å². The van der Waals surface area contributed by atoms with Crippen molar-refractivity contribution in [2.75, 3.05) is 4.93 Å². The molecule has 11 rings (SSSR count). The Hall–Kier alpha value is -5.39. The molecule has 0 amide bonds. The molecule has 2 unspecified atom stereocenters. The standard InChI is InChI=1S/C51H40N2.CH3I/c1-51(2)45-19-11-9-17-39(45)41-31-44-43-30-36(35-23-27-48-42(29-35)40-18-10-12-20-47(40)52(48)37-15-7-4-8-16-37)24-28-49(43)53(50(44)32-46(41)51)38-25-21-34(22-26-38)33-13-5-3-6-14-33;1-2/h3-13,15-25,27-33,38H,14,26H2,1-2H3;1H3. The molecule has 0 radical (unpaired) electrons. The third-order valence-electron chi connectivity index (χ3n) is 12.4. The Kier molecular flexibility index (Phi) is 8.33. The third-order valence-corrected chi connectivity index (χ3v) is 12.4. The normalized spacial score (nSPS) is 18.1. The van der Waals surface area contributed by atoms with Crippen LogP contribution in [-0.4, -0.2) is 14.1 Å². The first-order valence-electron chi connectivity index (χ1n) is 19.4. The summed E-state index contributed by atoms with van der Waals surface area (Å²) in [5, 5.41) is 5.20. The number of rotatable bonds is 4. The Balaban J connectivity index is 0.00000183. The summed E-state index contributed by atoms with van der Waals surface area (Å²) >= 11 is 2.15. The number of hydrogen-bond donors (Lipinski definition) is 0. The highest BCUT2D eigenvalue weighted by atomic mass is 127. The van der Waals surface area contributed by atoms with Crippen molar-refractivity contribution in [2.45, 2.75) is 38.1 Å². The van der Waals surface area contributed by atoms with Crippen LogP contribution in [0, 0.1) is 5.92 Å². The molecule has 3 aliphatic carbocycles. The number of aromatic nitrogens is 2. The molecule has 8 aromatic rings. The van der Waals surface area contributed by atoms with Crippen molar-refractivity contribution in [3.05, 3.63) is 187 Å². The molecule has 0 saturated carbocycles. The summed E-state index contributed by atoms with van der Waals surface area (Å²) in [6.45, 7) is 4.78. The largest absolute Gasteiger partial charge is 0.333 e. The quantitative estimate of drug-likeness (QED) is 0.124. The minimum atomic E-state index is -0.0583. The first-order chi connectivity index (χ1) is 27.0. The maximum absolute atomic E-state index is 2.63. The summed E-state index contributed by atoms with van der Waals surface area (Å²) in [5.74, 6) is 0.472. The summed E-state index contributed by atoms with van der Waals surface area (Å²) in [4.78, 5) is 1.97. The molecule has 0 aliphatic heterocycles. The molecule has 55 heavy (non-hydrogen) atoms. The van der Waals surface area contributed by atoms with E-state index in [2.05, 4.69) is 215 Å². The number of halogens is 1. The van der Waals surface area contributed by atoms with Gasteiger partial charge in [-0.05, 0) is 111 Å². The van der Waals surface area contributed by atoms with Gasteiger partial charge in [0.05, 0.1) is 22.6 Å². The van der Waals surface area contributed by atoms with E-state index in [9.17, 15) is 0 Å². The Labute approximate surface area is 336 Å². The predicted molar refractivity (Wildman–Crippen MR) is 244 cm³/mol. The molecule has 0 saturated heterocycles. The van der Waals surface area contributed by atoms with Gasteiger partial charge in [0.15, 0.2) is 0 Å². The Morgan fingerprint density at radius 1 is 0.564 bits per heavy atom. The van der Waals surface area contributed by atoms with Gasteiger partial charge in [-0.25, -0.2) is 0 Å². The van der Waals surface area contributed by atoms with E-state index < -0.39 is 0 Å². The highest BCUT2D eigenvalue weighted by Crippen LogP contribution is 2.51. The summed E-state index contributed by atoms with van der Waals surface area (Å²) in [7, 11) is 0. The molecule has 6 aromatic carbocycles. The van der Waals surface area contributed by atoms with E-state index in [1.807, 2.05) is 4.93 Å². The van der Waals surface area contributed by atoms with E-state index in [0.717, 1.165) is 12.8 Å². The lowest BCUT2D eigenvalue weighted by Gasteiger charge is -2.25. The highest BCUT2D eigenvalue weighted by molar-refractivity contribution is 14.1. The van der Waals surface area contributed by atoms with E-state index in [4.69, 9.17) is 0 Å². The van der Waals surface area contributed by atoms with Crippen LogP contribution in [0.2, 0.25) is 0 Å².